The van der Waals surface area contributed by atoms with Crippen LogP contribution >= 0.6 is 11.6 Å². The molecule has 106 valence electrons. The molecule has 1 saturated carbocycles. The van der Waals surface area contributed by atoms with Crippen LogP contribution in [0.1, 0.15) is 40.0 Å². The Morgan fingerprint density at radius 3 is 2.42 bits per heavy atom. The van der Waals surface area contributed by atoms with Crippen molar-refractivity contribution in [2.75, 3.05) is 11.9 Å². The lowest BCUT2D eigenvalue weighted by atomic mass is 9.63. The lowest BCUT2D eigenvalue weighted by Crippen LogP contribution is -2.42. The van der Waals surface area contributed by atoms with Crippen LogP contribution in [0.4, 0.5) is 5.69 Å². The van der Waals surface area contributed by atoms with Gasteiger partial charge in [0, 0.05) is 17.3 Å². The molecule has 1 aromatic carbocycles. The van der Waals surface area contributed by atoms with Gasteiger partial charge in [-0.25, -0.2) is 0 Å². The molecule has 3 heteroatoms. The average Bonchev–Trinajstić information content (AvgIpc) is 2.25. The van der Waals surface area contributed by atoms with Gasteiger partial charge in [-0.3, -0.25) is 0 Å². The Morgan fingerprint density at radius 2 is 1.84 bits per heavy atom. The van der Waals surface area contributed by atoms with Gasteiger partial charge in [-0.1, -0.05) is 32.4 Å². The molecular formula is C16H24ClNO. The zero-order chi connectivity index (χ0) is 14.1. The van der Waals surface area contributed by atoms with Gasteiger partial charge in [-0.15, -0.1) is 0 Å². The minimum Gasteiger partial charge on any atom is -0.393 e. The van der Waals surface area contributed by atoms with Gasteiger partial charge in [0.2, 0.25) is 0 Å². The summed E-state index contributed by atoms with van der Waals surface area (Å²) in [5, 5.41) is 14.3. The zero-order valence-electron chi connectivity index (χ0n) is 12.0. The summed E-state index contributed by atoms with van der Waals surface area (Å²) in [5.41, 5.74) is 1.44. The molecule has 19 heavy (non-hydrogen) atoms. The number of hydrogen-bond donors (Lipinski definition) is 2. The molecule has 2 nitrogen and oxygen atoms in total. The van der Waals surface area contributed by atoms with E-state index in [0.717, 1.165) is 36.5 Å². The fourth-order valence-electron chi connectivity index (χ4n) is 3.60. The Balaban J connectivity index is 1.99. The molecule has 0 aliphatic heterocycles. The van der Waals surface area contributed by atoms with Gasteiger partial charge in [0.15, 0.2) is 0 Å². The van der Waals surface area contributed by atoms with Gasteiger partial charge in [0.25, 0.3) is 0 Å². The summed E-state index contributed by atoms with van der Waals surface area (Å²) in [6.45, 7) is 7.64. The number of hydrogen-bond acceptors (Lipinski definition) is 2. The smallest absolute Gasteiger partial charge is 0.0551 e. The second-order valence-electron chi connectivity index (χ2n) is 7.07. The molecule has 0 spiro atoms. The molecule has 0 bridgehead atoms. The first-order valence-corrected chi connectivity index (χ1v) is 7.33. The summed E-state index contributed by atoms with van der Waals surface area (Å²) in [6, 6.07) is 7.78. The van der Waals surface area contributed by atoms with Crippen molar-refractivity contribution in [3.8, 4) is 0 Å². The second-order valence-corrected chi connectivity index (χ2v) is 7.51. The third kappa shape index (κ3) is 4.12. The largest absolute Gasteiger partial charge is 0.393 e. The number of rotatable bonds is 3. The maximum atomic E-state index is 10.1. The topological polar surface area (TPSA) is 32.3 Å². The highest BCUT2D eigenvalue weighted by Crippen LogP contribution is 2.46. The van der Waals surface area contributed by atoms with Crippen molar-refractivity contribution in [1.82, 2.24) is 0 Å². The van der Waals surface area contributed by atoms with Crippen molar-refractivity contribution in [1.29, 1.82) is 0 Å². The van der Waals surface area contributed by atoms with E-state index >= 15 is 0 Å². The van der Waals surface area contributed by atoms with Gasteiger partial charge in [0.05, 0.1) is 6.10 Å². The monoisotopic (exact) mass is 281 g/mol. The van der Waals surface area contributed by atoms with Crippen LogP contribution in [-0.2, 0) is 0 Å². The molecule has 1 aliphatic carbocycles. The van der Waals surface area contributed by atoms with Crippen LogP contribution in [0.2, 0.25) is 5.02 Å². The van der Waals surface area contributed by atoms with Gasteiger partial charge in [-0.05, 0) is 54.4 Å². The summed E-state index contributed by atoms with van der Waals surface area (Å²) < 4.78 is 0. The Bertz CT molecular complexity index is 429. The summed E-state index contributed by atoms with van der Waals surface area (Å²) in [6.07, 6.45) is 2.74. The average molecular weight is 282 g/mol. The van der Waals surface area contributed by atoms with E-state index in [-0.39, 0.29) is 16.9 Å². The third-order valence-corrected chi connectivity index (χ3v) is 4.24. The van der Waals surface area contributed by atoms with Crippen molar-refractivity contribution in [2.45, 2.75) is 46.1 Å². The van der Waals surface area contributed by atoms with Crippen LogP contribution in [0.5, 0.6) is 0 Å². The lowest BCUT2D eigenvalue weighted by Gasteiger charge is -2.45. The Morgan fingerprint density at radius 1 is 1.21 bits per heavy atom. The van der Waals surface area contributed by atoms with Crippen molar-refractivity contribution in [2.24, 2.45) is 10.8 Å². The second kappa shape index (κ2) is 5.34. The van der Waals surface area contributed by atoms with E-state index in [1.165, 1.54) is 0 Å². The molecule has 2 N–H and O–H groups in total. The van der Waals surface area contributed by atoms with Crippen LogP contribution in [0, 0.1) is 10.8 Å². The van der Waals surface area contributed by atoms with Gasteiger partial charge in [-0.2, -0.15) is 0 Å². The number of anilines is 1. The van der Waals surface area contributed by atoms with E-state index in [1.807, 2.05) is 24.3 Å². The van der Waals surface area contributed by atoms with Crippen LogP contribution in [0.15, 0.2) is 24.3 Å². The first-order chi connectivity index (χ1) is 8.78. The maximum Gasteiger partial charge on any atom is 0.0551 e. The van der Waals surface area contributed by atoms with Crippen LogP contribution in [0.3, 0.4) is 0 Å². The first-order valence-electron chi connectivity index (χ1n) is 6.96. The number of aliphatic hydroxyl groups is 1. The molecule has 0 aromatic heterocycles. The molecule has 1 aliphatic rings. The highest BCUT2D eigenvalue weighted by Gasteiger charge is 2.40. The minimum absolute atomic E-state index is 0.140. The predicted octanol–water partition coefficient (Wildman–Crippen LogP) is 4.33. The number of aliphatic hydroxyl groups excluding tert-OH is 1. The van der Waals surface area contributed by atoms with E-state index in [2.05, 4.69) is 26.1 Å². The minimum atomic E-state index is -0.180. The molecule has 0 heterocycles. The molecular weight excluding hydrogens is 258 g/mol. The van der Waals surface area contributed by atoms with Gasteiger partial charge >= 0.3 is 0 Å². The molecule has 1 aromatic rings. The number of benzene rings is 1. The molecule has 0 saturated heterocycles. The third-order valence-electron chi connectivity index (χ3n) is 3.99. The number of nitrogens with one attached hydrogen (secondary N) is 1. The molecule has 1 fully saturated rings. The van der Waals surface area contributed by atoms with E-state index in [1.54, 1.807) is 0 Å². The Hall–Kier alpha value is -0.730. The van der Waals surface area contributed by atoms with E-state index < -0.39 is 0 Å². The van der Waals surface area contributed by atoms with Gasteiger partial charge < -0.3 is 10.4 Å². The molecule has 0 amide bonds. The Kier molecular flexibility index (Phi) is 4.12. The zero-order valence-corrected chi connectivity index (χ0v) is 12.8. The summed E-state index contributed by atoms with van der Waals surface area (Å²) in [7, 11) is 0. The Labute approximate surface area is 121 Å². The fourth-order valence-corrected chi connectivity index (χ4v) is 3.72. The van der Waals surface area contributed by atoms with Crippen LogP contribution in [0.25, 0.3) is 0 Å². The molecule has 2 atom stereocenters. The number of halogens is 1. The molecule has 2 rings (SSSR count). The molecule has 0 radical (unpaired) electrons. The molecule has 0 unspecified atom stereocenters. The summed E-state index contributed by atoms with van der Waals surface area (Å²) in [4.78, 5) is 0. The van der Waals surface area contributed by atoms with Crippen molar-refractivity contribution < 1.29 is 5.11 Å². The van der Waals surface area contributed by atoms with Crippen molar-refractivity contribution in [3.63, 3.8) is 0 Å². The normalized spacial score (nSPS) is 30.1. The van der Waals surface area contributed by atoms with Crippen molar-refractivity contribution in [3.05, 3.63) is 29.3 Å². The SMILES string of the molecule is CC1(C)C[C@H](O)C[C@](C)(CNc2ccc(Cl)cc2)C1. The van der Waals surface area contributed by atoms with Crippen LogP contribution in [-0.4, -0.2) is 17.8 Å². The summed E-state index contributed by atoms with van der Waals surface area (Å²) >= 11 is 5.88. The quantitative estimate of drug-likeness (QED) is 0.864. The van der Waals surface area contributed by atoms with Crippen molar-refractivity contribution >= 4 is 17.3 Å². The maximum absolute atomic E-state index is 10.1. The standard InChI is InChI=1S/C16H24ClNO/c1-15(2)8-14(19)9-16(3,10-15)11-18-13-6-4-12(17)5-7-13/h4-7,14,18-19H,8-11H2,1-3H3/t14-,16-/m0/s1. The predicted molar refractivity (Wildman–Crippen MR) is 81.7 cm³/mol. The van der Waals surface area contributed by atoms with E-state index in [4.69, 9.17) is 11.6 Å². The fraction of sp³-hybridized carbons (Fsp3) is 0.625. The highest BCUT2D eigenvalue weighted by molar-refractivity contribution is 6.30. The van der Waals surface area contributed by atoms with Crippen LogP contribution < -0.4 is 5.32 Å². The van der Waals surface area contributed by atoms with E-state index in [0.29, 0.717) is 0 Å². The van der Waals surface area contributed by atoms with E-state index in [9.17, 15) is 5.11 Å². The van der Waals surface area contributed by atoms with Gasteiger partial charge in [0.1, 0.15) is 0 Å². The summed E-state index contributed by atoms with van der Waals surface area (Å²) in [5.74, 6) is 0. The highest BCUT2D eigenvalue weighted by atomic mass is 35.5. The lowest BCUT2D eigenvalue weighted by molar-refractivity contribution is -0.00317. The first kappa shape index (κ1) is 14.7.